The molecule has 0 radical (unpaired) electrons. The number of benzene rings is 2. The number of carbonyl (C=O) groups excluding carboxylic acids is 1. The van der Waals surface area contributed by atoms with Gasteiger partial charge in [0.1, 0.15) is 5.69 Å². The van der Waals surface area contributed by atoms with Crippen molar-refractivity contribution < 1.29 is 23.1 Å². The van der Waals surface area contributed by atoms with Crippen molar-refractivity contribution in [2.24, 2.45) is 0 Å². The molecule has 1 aromatic heterocycles. The minimum atomic E-state index is -4.62. The Bertz CT molecular complexity index is 1090. The van der Waals surface area contributed by atoms with Gasteiger partial charge in [-0.15, -0.1) is 0 Å². The highest BCUT2D eigenvalue weighted by atomic mass is 19.4. The van der Waals surface area contributed by atoms with Gasteiger partial charge in [0.25, 0.3) is 5.91 Å². The molecule has 0 aliphatic heterocycles. The molecule has 29 heavy (non-hydrogen) atoms. The molecule has 1 amide bonds. The zero-order valence-electron chi connectivity index (χ0n) is 15.7. The van der Waals surface area contributed by atoms with Crippen molar-refractivity contribution in [3.05, 3.63) is 65.4 Å². The minimum absolute atomic E-state index is 0.0592. The maximum Gasteiger partial charge on any atom is 0.418 e. The number of aromatic nitrogens is 1. The number of alkyl halides is 3. The van der Waals surface area contributed by atoms with Crippen LogP contribution in [0.15, 0.2) is 48.5 Å². The van der Waals surface area contributed by atoms with Gasteiger partial charge in [0, 0.05) is 11.9 Å². The Balaban J connectivity index is 1.82. The Hall–Kier alpha value is -2.93. The van der Waals surface area contributed by atoms with Gasteiger partial charge in [0.05, 0.1) is 16.7 Å². The topological polar surface area (TPSA) is 62.2 Å². The van der Waals surface area contributed by atoms with Crippen molar-refractivity contribution in [3.63, 3.8) is 0 Å². The lowest BCUT2D eigenvalue weighted by Crippen LogP contribution is -2.33. The van der Waals surface area contributed by atoms with E-state index in [9.17, 15) is 23.1 Å². The van der Waals surface area contributed by atoms with E-state index in [1.807, 2.05) is 0 Å². The van der Waals surface area contributed by atoms with Crippen LogP contribution in [0.4, 0.5) is 13.2 Å². The lowest BCUT2D eigenvalue weighted by molar-refractivity contribution is -0.136. The van der Waals surface area contributed by atoms with E-state index in [2.05, 4.69) is 10.3 Å². The molecule has 0 bridgehead atoms. The Morgan fingerprint density at radius 2 is 1.83 bits per heavy atom. The molecule has 1 aliphatic carbocycles. The van der Waals surface area contributed by atoms with Crippen molar-refractivity contribution in [2.45, 2.75) is 31.5 Å². The van der Waals surface area contributed by atoms with Crippen LogP contribution in [0.5, 0.6) is 0 Å². The van der Waals surface area contributed by atoms with Crippen molar-refractivity contribution >= 4 is 16.8 Å². The lowest BCUT2D eigenvalue weighted by atomic mass is 9.96. The van der Waals surface area contributed by atoms with E-state index in [1.165, 1.54) is 6.07 Å². The largest absolute Gasteiger partial charge is 0.418 e. The number of rotatable bonds is 4. The Labute approximate surface area is 165 Å². The molecule has 1 aliphatic rings. The fourth-order valence-corrected chi connectivity index (χ4v) is 3.28. The maximum atomic E-state index is 13.8. The highest BCUT2D eigenvalue weighted by Crippen LogP contribution is 2.38. The van der Waals surface area contributed by atoms with Crippen molar-refractivity contribution in [1.29, 1.82) is 0 Å². The summed E-state index contributed by atoms with van der Waals surface area (Å²) in [6.07, 6.45) is -3.43. The molecule has 2 aromatic carbocycles. The van der Waals surface area contributed by atoms with Crippen molar-refractivity contribution in [3.8, 4) is 11.1 Å². The van der Waals surface area contributed by atoms with E-state index in [0.29, 0.717) is 34.9 Å². The molecule has 7 heteroatoms. The lowest BCUT2D eigenvalue weighted by Gasteiger charge is -2.16. The van der Waals surface area contributed by atoms with Gasteiger partial charge in [-0.2, -0.15) is 13.2 Å². The molecule has 0 saturated heterocycles. The predicted octanol–water partition coefficient (Wildman–Crippen LogP) is 4.48. The second-order valence-electron chi connectivity index (χ2n) is 7.52. The van der Waals surface area contributed by atoms with Crippen LogP contribution >= 0.6 is 0 Å². The van der Waals surface area contributed by atoms with Gasteiger partial charge in [-0.25, -0.2) is 4.98 Å². The van der Waals surface area contributed by atoms with Crippen molar-refractivity contribution in [1.82, 2.24) is 10.3 Å². The van der Waals surface area contributed by atoms with E-state index in [-0.39, 0.29) is 17.8 Å². The molecule has 150 valence electrons. The quantitative estimate of drug-likeness (QED) is 0.679. The fraction of sp³-hybridized carbons (Fsp3) is 0.273. The minimum Gasteiger partial charge on any atom is -0.388 e. The van der Waals surface area contributed by atoms with Gasteiger partial charge in [-0.1, -0.05) is 30.3 Å². The average molecular weight is 400 g/mol. The summed E-state index contributed by atoms with van der Waals surface area (Å²) in [7, 11) is 0. The van der Waals surface area contributed by atoms with Crippen LogP contribution in [0.3, 0.4) is 0 Å². The second kappa shape index (κ2) is 6.84. The number of nitrogens with zero attached hydrogens (tertiary/aromatic N) is 1. The summed E-state index contributed by atoms with van der Waals surface area (Å²) < 4.78 is 41.5. The first-order valence-corrected chi connectivity index (χ1v) is 9.25. The van der Waals surface area contributed by atoms with Crippen molar-refractivity contribution in [2.75, 3.05) is 6.54 Å². The monoisotopic (exact) mass is 400 g/mol. The normalized spacial score (nSPS) is 15.3. The van der Waals surface area contributed by atoms with Gasteiger partial charge in [-0.3, -0.25) is 4.79 Å². The summed E-state index contributed by atoms with van der Waals surface area (Å²) in [5.41, 5.74) is -0.517. The molecule has 2 N–H and O–H groups in total. The summed E-state index contributed by atoms with van der Waals surface area (Å²) >= 11 is 0. The smallest absolute Gasteiger partial charge is 0.388 e. The fourth-order valence-electron chi connectivity index (χ4n) is 3.28. The third kappa shape index (κ3) is 3.96. The second-order valence-corrected chi connectivity index (χ2v) is 7.52. The molecule has 1 saturated carbocycles. The molecule has 3 aromatic rings. The summed E-state index contributed by atoms with van der Waals surface area (Å²) in [6.45, 7) is 1.72. The first kappa shape index (κ1) is 19.4. The van der Waals surface area contributed by atoms with Crippen LogP contribution in [-0.4, -0.2) is 28.1 Å². The molecule has 0 spiro atoms. The standard InChI is InChI=1S/C22H19F3N2O2/c1-13-9-18(20(28)26-12-21(29)7-8-21)27-19-16(13)10-15(11-17(19)22(23,24)25)14-5-3-2-4-6-14/h2-6,9-11,29H,7-8,12H2,1H3,(H,26,28). The Kier molecular flexibility index (Phi) is 4.58. The molecule has 4 nitrogen and oxygen atoms in total. The van der Waals surface area contributed by atoms with E-state index in [4.69, 9.17) is 0 Å². The number of aryl methyl sites for hydroxylation is 1. The molecule has 0 unspecified atom stereocenters. The van der Waals surface area contributed by atoms with E-state index < -0.39 is 23.2 Å². The van der Waals surface area contributed by atoms with Gasteiger partial charge < -0.3 is 10.4 Å². The first-order valence-electron chi connectivity index (χ1n) is 9.25. The SMILES string of the molecule is Cc1cc(C(=O)NCC2(O)CC2)nc2c(C(F)(F)F)cc(-c3ccccc3)cc12. The number of amides is 1. The number of halogens is 3. The molecule has 4 rings (SSSR count). The molecule has 1 heterocycles. The Morgan fingerprint density at radius 3 is 2.45 bits per heavy atom. The summed E-state index contributed by atoms with van der Waals surface area (Å²) in [5, 5.41) is 12.8. The molecular formula is C22H19F3N2O2. The van der Waals surface area contributed by atoms with Crippen LogP contribution < -0.4 is 5.32 Å². The van der Waals surface area contributed by atoms with Crippen LogP contribution in [-0.2, 0) is 6.18 Å². The summed E-state index contributed by atoms with van der Waals surface area (Å²) in [6, 6.07) is 13.0. The molecule has 1 fully saturated rings. The predicted molar refractivity (Wildman–Crippen MR) is 103 cm³/mol. The number of pyridine rings is 1. The van der Waals surface area contributed by atoms with Crippen LogP contribution in [0.1, 0.15) is 34.5 Å². The third-order valence-corrected chi connectivity index (χ3v) is 5.17. The summed E-state index contributed by atoms with van der Waals surface area (Å²) in [5.74, 6) is -0.601. The van der Waals surface area contributed by atoms with E-state index in [1.54, 1.807) is 43.3 Å². The highest BCUT2D eigenvalue weighted by Gasteiger charge is 2.40. The number of nitrogens with one attached hydrogen (secondary N) is 1. The third-order valence-electron chi connectivity index (χ3n) is 5.17. The zero-order valence-corrected chi connectivity index (χ0v) is 15.7. The van der Waals surface area contributed by atoms with Crippen LogP contribution in [0, 0.1) is 6.92 Å². The highest BCUT2D eigenvalue weighted by molar-refractivity contribution is 5.98. The van der Waals surface area contributed by atoms with Gasteiger partial charge in [0.15, 0.2) is 0 Å². The van der Waals surface area contributed by atoms with Gasteiger partial charge in [0.2, 0.25) is 0 Å². The number of hydrogen-bond acceptors (Lipinski definition) is 3. The van der Waals surface area contributed by atoms with E-state index in [0.717, 1.165) is 6.07 Å². The van der Waals surface area contributed by atoms with Gasteiger partial charge >= 0.3 is 6.18 Å². The molecule has 0 atom stereocenters. The van der Waals surface area contributed by atoms with E-state index >= 15 is 0 Å². The zero-order chi connectivity index (χ0) is 20.8. The van der Waals surface area contributed by atoms with Crippen LogP contribution in [0.25, 0.3) is 22.0 Å². The number of carbonyl (C=O) groups is 1. The van der Waals surface area contributed by atoms with Gasteiger partial charge in [-0.05, 0) is 54.7 Å². The number of fused-ring (bicyclic) bond motifs is 1. The Morgan fingerprint density at radius 1 is 1.14 bits per heavy atom. The number of aliphatic hydroxyl groups is 1. The first-order chi connectivity index (χ1) is 13.7. The maximum absolute atomic E-state index is 13.8. The summed E-state index contributed by atoms with van der Waals surface area (Å²) in [4.78, 5) is 16.4. The average Bonchev–Trinajstić information content (AvgIpc) is 3.43. The van der Waals surface area contributed by atoms with Crippen LogP contribution in [0.2, 0.25) is 0 Å². The number of hydrogen-bond donors (Lipinski definition) is 2. The molecular weight excluding hydrogens is 381 g/mol.